The number of ether oxygens (including phenoxy) is 2. The zero-order valence-corrected chi connectivity index (χ0v) is 10.5. The zero-order valence-electron chi connectivity index (χ0n) is 10.5. The second-order valence-corrected chi connectivity index (χ2v) is 3.96. The molecule has 1 aliphatic heterocycles. The van der Waals surface area contributed by atoms with E-state index in [4.69, 9.17) is 15.2 Å². The van der Waals surface area contributed by atoms with Gasteiger partial charge in [-0.25, -0.2) is 4.79 Å². The first-order valence-corrected chi connectivity index (χ1v) is 5.80. The van der Waals surface area contributed by atoms with Crippen LogP contribution in [0.2, 0.25) is 0 Å². The summed E-state index contributed by atoms with van der Waals surface area (Å²) < 4.78 is 10.4. The second-order valence-electron chi connectivity index (χ2n) is 3.96. The van der Waals surface area contributed by atoms with E-state index in [9.17, 15) is 9.59 Å². The summed E-state index contributed by atoms with van der Waals surface area (Å²) >= 11 is 0. The van der Waals surface area contributed by atoms with E-state index < -0.39 is 6.03 Å². The molecule has 19 heavy (non-hydrogen) atoms. The lowest BCUT2D eigenvalue weighted by Gasteiger charge is -2.18. The average molecular weight is 265 g/mol. The Bertz CT molecular complexity index is 504. The number of carbonyl (C=O) groups is 2. The number of rotatable bonds is 3. The molecule has 0 saturated heterocycles. The van der Waals surface area contributed by atoms with Gasteiger partial charge in [0, 0.05) is 31.8 Å². The van der Waals surface area contributed by atoms with Crippen LogP contribution in [0.25, 0.3) is 0 Å². The van der Waals surface area contributed by atoms with Crippen molar-refractivity contribution in [2.45, 2.75) is 6.92 Å². The summed E-state index contributed by atoms with van der Waals surface area (Å²) in [5.74, 6) is 0.832. The number of urea groups is 1. The quantitative estimate of drug-likeness (QED) is 0.841. The molecule has 0 unspecified atom stereocenters. The van der Waals surface area contributed by atoms with E-state index in [2.05, 4.69) is 5.32 Å². The maximum absolute atomic E-state index is 11.9. The average Bonchev–Trinajstić information content (AvgIpc) is 2.82. The SMILES string of the molecule is CC(=O)N(CCN)C(=O)Nc1ccc2c(c1)OCO2. The standard InChI is InChI=1S/C12H15N3O4/c1-8(16)15(5-4-13)12(17)14-9-2-3-10-11(6-9)19-7-18-10/h2-3,6H,4-5,7,13H2,1H3,(H,14,17). The summed E-state index contributed by atoms with van der Waals surface area (Å²) in [4.78, 5) is 24.3. The van der Waals surface area contributed by atoms with Crippen LogP contribution in [0.5, 0.6) is 11.5 Å². The van der Waals surface area contributed by atoms with Gasteiger partial charge < -0.3 is 20.5 Å². The van der Waals surface area contributed by atoms with Crippen molar-refractivity contribution in [3.05, 3.63) is 18.2 Å². The topological polar surface area (TPSA) is 93.9 Å². The number of benzene rings is 1. The third kappa shape index (κ3) is 2.94. The maximum Gasteiger partial charge on any atom is 0.328 e. The number of nitrogens with two attached hydrogens (primary N) is 1. The molecule has 0 atom stereocenters. The Morgan fingerprint density at radius 3 is 2.79 bits per heavy atom. The Morgan fingerprint density at radius 1 is 1.37 bits per heavy atom. The van der Waals surface area contributed by atoms with E-state index in [1.807, 2.05) is 0 Å². The van der Waals surface area contributed by atoms with Crippen LogP contribution < -0.4 is 20.5 Å². The summed E-state index contributed by atoms with van der Waals surface area (Å²) in [5.41, 5.74) is 5.89. The minimum atomic E-state index is -0.517. The summed E-state index contributed by atoms with van der Waals surface area (Å²) in [6, 6.07) is 4.49. The molecule has 7 nitrogen and oxygen atoms in total. The molecule has 1 heterocycles. The first-order valence-electron chi connectivity index (χ1n) is 5.80. The molecule has 1 aromatic carbocycles. The molecule has 0 spiro atoms. The molecule has 3 amide bonds. The number of amides is 3. The van der Waals surface area contributed by atoms with Crippen LogP contribution in [-0.2, 0) is 4.79 Å². The van der Waals surface area contributed by atoms with Gasteiger partial charge >= 0.3 is 6.03 Å². The molecule has 0 aromatic heterocycles. The lowest BCUT2D eigenvalue weighted by Crippen LogP contribution is -2.41. The van der Waals surface area contributed by atoms with Gasteiger partial charge in [-0.2, -0.15) is 0 Å². The van der Waals surface area contributed by atoms with Crippen LogP contribution in [0.3, 0.4) is 0 Å². The van der Waals surface area contributed by atoms with Gasteiger partial charge in [0.2, 0.25) is 12.7 Å². The van der Waals surface area contributed by atoms with Crippen molar-refractivity contribution in [2.24, 2.45) is 5.73 Å². The molecule has 0 aliphatic carbocycles. The van der Waals surface area contributed by atoms with Gasteiger partial charge in [-0.1, -0.05) is 0 Å². The minimum absolute atomic E-state index is 0.166. The fraction of sp³-hybridized carbons (Fsp3) is 0.333. The number of anilines is 1. The number of hydrogen-bond donors (Lipinski definition) is 2. The Kier molecular flexibility index (Phi) is 3.86. The van der Waals surface area contributed by atoms with Crippen LogP contribution in [-0.4, -0.2) is 36.7 Å². The third-order valence-corrected chi connectivity index (χ3v) is 2.60. The molecule has 3 N–H and O–H groups in total. The van der Waals surface area contributed by atoms with Gasteiger partial charge in [0.05, 0.1) is 0 Å². The smallest absolute Gasteiger partial charge is 0.328 e. The van der Waals surface area contributed by atoms with Crippen LogP contribution in [0, 0.1) is 0 Å². The summed E-state index contributed by atoms with van der Waals surface area (Å²) in [6.45, 7) is 1.87. The van der Waals surface area contributed by atoms with E-state index in [-0.39, 0.29) is 25.8 Å². The fourth-order valence-corrected chi connectivity index (χ4v) is 1.70. The molecule has 0 saturated carbocycles. The van der Waals surface area contributed by atoms with E-state index in [0.29, 0.717) is 17.2 Å². The van der Waals surface area contributed by atoms with Crippen molar-refractivity contribution in [3.63, 3.8) is 0 Å². The summed E-state index contributed by atoms with van der Waals surface area (Å²) in [7, 11) is 0. The van der Waals surface area contributed by atoms with Gasteiger partial charge in [0.25, 0.3) is 0 Å². The predicted molar refractivity (Wildman–Crippen MR) is 68.0 cm³/mol. The van der Waals surface area contributed by atoms with Crippen molar-refractivity contribution in [1.82, 2.24) is 4.90 Å². The number of carbonyl (C=O) groups excluding carboxylic acids is 2. The highest BCUT2D eigenvalue weighted by Gasteiger charge is 2.19. The highest BCUT2D eigenvalue weighted by atomic mass is 16.7. The lowest BCUT2D eigenvalue weighted by atomic mass is 10.3. The summed E-state index contributed by atoms with van der Waals surface area (Å²) in [5, 5.41) is 2.61. The molecule has 0 fully saturated rings. The molecule has 7 heteroatoms. The number of imide groups is 1. The van der Waals surface area contributed by atoms with Crippen molar-refractivity contribution in [2.75, 3.05) is 25.2 Å². The highest BCUT2D eigenvalue weighted by Crippen LogP contribution is 2.34. The van der Waals surface area contributed by atoms with Crippen LogP contribution >= 0.6 is 0 Å². The summed E-state index contributed by atoms with van der Waals surface area (Å²) in [6.07, 6.45) is 0. The molecule has 0 bridgehead atoms. The third-order valence-electron chi connectivity index (χ3n) is 2.60. The Hall–Kier alpha value is -2.28. The molecule has 0 radical (unpaired) electrons. The second kappa shape index (κ2) is 5.57. The Balaban J connectivity index is 2.07. The fourth-order valence-electron chi connectivity index (χ4n) is 1.70. The normalized spacial score (nSPS) is 12.1. The van der Waals surface area contributed by atoms with Gasteiger partial charge in [0.15, 0.2) is 11.5 Å². The van der Waals surface area contributed by atoms with Crippen LogP contribution in [0.1, 0.15) is 6.92 Å². The first kappa shape index (κ1) is 13.2. The van der Waals surface area contributed by atoms with Crippen molar-refractivity contribution < 1.29 is 19.1 Å². The van der Waals surface area contributed by atoms with Gasteiger partial charge in [0.1, 0.15) is 0 Å². The molecular weight excluding hydrogens is 250 g/mol. The van der Waals surface area contributed by atoms with Gasteiger partial charge in [-0.05, 0) is 12.1 Å². The Morgan fingerprint density at radius 2 is 2.11 bits per heavy atom. The highest BCUT2D eigenvalue weighted by molar-refractivity contribution is 6.00. The molecule has 2 rings (SSSR count). The van der Waals surface area contributed by atoms with Crippen LogP contribution in [0.4, 0.5) is 10.5 Å². The minimum Gasteiger partial charge on any atom is -0.454 e. The van der Waals surface area contributed by atoms with E-state index in [0.717, 1.165) is 4.90 Å². The van der Waals surface area contributed by atoms with Crippen LogP contribution in [0.15, 0.2) is 18.2 Å². The maximum atomic E-state index is 11.9. The first-order chi connectivity index (χ1) is 9.11. The van der Waals surface area contributed by atoms with Gasteiger partial charge in [-0.3, -0.25) is 9.69 Å². The number of nitrogens with one attached hydrogen (secondary N) is 1. The molecular formula is C12H15N3O4. The monoisotopic (exact) mass is 265 g/mol. The van der Waals surface area contributed by atoms with Crippen molar-refractivity contribution >= 4 is 17.6 Å². The van der Waals surface area contributed by atoms with Crippen molar-refractivity contribution in [1.29, 1.82) is 0 Å². The number of fused-ring (bicyclic) bond motifs is 1. The van der Waals surface area contributed by atoms with Crippen molar-refractivity contribution in [3.8, 4) is 11.5 Å². The molecule has 1 aliphatic rings. The zero-order chi connectivity index (χ0) is 13.8. The van der Waals surface area contributed by atoms with E-state index in [1.54, 1.807) is 18.2 Å². The van der Waals surface area contributed by atoms with Gasteiger partial charge in [-0.15, -0.1) is 0 Å². The Labute approximate surface area is 110 Å². The van der Waals surface area contributed by atoms with E-state index >= 15 is 0 Å². The molecule has 102 valence electrons. The van der Waals surface area contributed by atoms with E-state index in [1.165, 1.54) is 6.92 Å². The molecule has 1 aromatic rings. The largest absolute Gasteiger partial charge is 0.454 e. The number of hydrogen-bond acceptors (Lipinski definition) is 5. The number of nitrogens with zero attached hydrogens (tertiary/aromatic N) is 1. The predicted octanol–water partition coefficient (Wildman–Crippen LogP) is 0.754. The lowest BCUT2D eigenvalue weighted by molar-refractivity contribution is -0.125.